The van der Waals surface area contributed by atoms with Crippen molar-refractivity contribution in [1.82, 2.24) is 9.80 Å². The second-order valence-electron chi connectivity index (χ2n) is 5.62. The first-order valence-electron chi connectivity index (χ1n) is 7.44. The van der Waals surface area contributed by atoms with Crippen molar-refractivity contribution in [1.29, 1.82) is 0 Å². The Bertz CT molecular complexity index is 368. The lowest BCUT2D eigenvalue weighted by atomic mass is 10.0. The van der Waals surface area contributed by atoms with Crippen molar-refractivity contribution in [3.63, 3.8) is 0 Å². The number of rotatable bonds is 4. The summed E-state index contributed by atoms with van der Waals surface area (Å²) in [5.74, 6) is -1.25. The smallest absolute Gasteiger partial charge is 0.320 e. The second kappa shape index (κ2) is 6.43. The largest absolute Gasteiger partial charge is 0.481 e. The molecule has 0 aliphatic carbocycles. The van der Waals surface area contributed by atoms with Crippen LogP contribution < -0.4 is 0 Å². The van der Waals surface area contributed by atoms with E-state index in [2.05, 4.69) is 0 Å². The summed E-state index contributed by atoms with van der Waals surface area (Å²) >= 11 is 0. The zero-order valence-electron chi connectivity index (χ0n) is 12.2. The van der Waals surface area contributed by atoms with Crippen LogP contribution in [0.1, 0.15) is 33.1 Å². The Balaban J connectivity index is 1.96. The van der Waals surface area contributed by atoms with Gasteiger partial charge in [0.25, 0.3) is 0 Å². The molecule has 3 unspecified atom stereocenters. The van der Waals surface area contributed by atoms with E-state index in [4.69, 9.17) is 9.84 Å². The number of carbonyl (C=O) groups excluding carboxylic acids is 1. The van der Waals surface area contributed by atoms with Gasteiger partial charge >= 0.3 is 12.0 Å². The standard InChI is InChI=1S/C14H24N2O4/c1-3-15(9-11-5-4-8-20-11)14(19)16-7-6-12(10(16)2)13(17)18/h10-12H,3-9H2,1-2H3,(H,17,18). The fraction of sp³-hybridized carbons (Fsp3) is 0.857. The summed E-state index contributed by atoms with van der Waals surface area (Å²) in [5.41, 5.74) is 0. The molecule has 2 fully saturated rings. The zero-order valence-corrected chi connectivity index (χ0v) is 12.2. The molecule has 114 valence electrons. The van der Waals surface area contributed by atoms with Gasteiger partial charge in [-0.25, -0.2) is 4.79 Å². The molecule has 20 heavy (non-hydrogen) atoms. The van der Waals surface area contributed by atoms with E-state index < -0.39 is 11.9 Å². The van der Waals surface area contributed by atoms with Gasteiger partial charge in [0.2, 0.25) is 0 Å². The number of hydrogen-bond acceptors (Lipinski definition) is 3. The Morgan fingerprint density at radius 1 is 1.40 bits per heavy atom. The minimum absolute atomic E-state index is 0.0562. The van der Waals surface area contributed by atoms with Gasteiger partial charge in [-0.15, -0.1) is 0 Å². The molecule has 6 nitrogen and oxygen atoms in total. The minimum atomic E-state index is -0.810. The van der Waals surface area contributed by atoms with Gasteiger partial charge in [-0.05, 0) is 33.1 Å². The van der Waals surface area contributed by atoms with Gasteiger partial charge in [-0.3, -0.25) is 4.79 Å². The number of aliphatic carboxylic acids is 1. The number of carbonyl (C=O) groups is 2. The first-order valence-corrected chi connectivity index (χ1v) is 7.44. The van der Waals surface area contributed by atoms with E-state index in [9.17, 15) is 9.59 Å². The second-order valence-corrected chi connectivity index (χ2v) is 5.62. The van der Waals surface area contributed by atoms with E-state index in [1.54, 1.807) is 9.80 Å². The van der Waals surface area contributed by atoms with Crippen LogP contribution in [-0.4, -0.2) is 65.3 Å². The number of hydrogen-bond donors (Lipinski definition) is 1. The molecule has 6 heteroatoms. The Morgan fingerprint density at radius 3 is 2.65 bits per heavy atom. The molecule has 0 aromatic carbocycles. The van der Waals surface area contributed by atoms with E-state index in [1.807, 2.05) is 13.8 Å². The van der Waals surface area contributed by atoms with Crippen molar-refractivity contribution < 1.29 is 19.4 Å². The molecule has 2 aliphatic heterocycles. The first-order chi connectivity index (χ1) is 9.54. The lowest BCUT2D eigenvalue weighted by Crippen LogP contribution is -2.48. The minimum Gasteiger partial charge on any atom is -0.481 e. The molecular weight excluding hydrogens is 260 g/mol. The van der Waals surface area contributed by atoms with Crippen LogP contribution in [0.5, 0.6) is 0 Å². The van der Waals surface area contributed by atoms with Gasteiger partial charge in [0.15, 0.2) is 0 Å². The van der Waals surface area contributed by atoms with Gasteiger partial charge in [0.05, 0.1) is 12.0 Å². The summed E-state index contributed by atoms with van der Waals surface area (Å²) in [5, 5.41) is 9.14. The first kappa shape index (κ1) is 15.1. The number of likely N-dealkylation sites (tertiary alicyclic amines) is 1. The van der Waals surface area contributed by atoms with Gasteiger partial charge in [0.1, 0.15) is 0 Å². The quantitative estimate of drug-likeness (QED) is 0.847. The van der Waals surface area contributed by atoms with Gasteiger partial charge in [-0.1, -0.05) is 0 Å². The van der Waals surface area contributed by atoms with E-state index >= 15 is 0 Å². The Kier molecular flexibility index (Phi) is 4.86. The summed E-state index contributed by atoms with van der Waals surface area (Å²) in [4.78, 5) is 27.1. The third-order valence-electron chi connectivity index (χ3n) is 4.42. The third-order valence-corrected chi connectivity index (χ3v) is 4.42. The molecule has 0 spiro atoms. The summed E-state index contributed by atoms with van der Waals surface area (Å²) < 4.78 is 5.58. The maximum atomic E-state index is 12.5. The average molecular weight is 284 g/mol. The number of amides is 2. The zero-order chi connectivity index (χ0) is 14.7. The molecule has 2 aliphatic rings. The molecule has 0 radical (unpaired) electrons. The molecule has 0 aromatic heterocycles. The molecule has 0 aromatic rings. The van der Waals surface area contributed by atoms with Gasteiger partial charge in [-0.2, -0.15) is 0 Å². The molecule has 0 bridgehead atoms. The number of carboxylic acids is 1. The van der Waals surface area contributed by atoms with Crippen molar-refractivity contribution >= 4 is 12.0 Å². The highest BCUT2D eigenvalue weighted by molar-refractivity contribution is 5.78. The third kappa shape index (κ3) is 3.06. The molecule has 3 atom stereocenters. The van der Waals surface area contributed by atoms with Crippen LogP contribution in [0.25, 0.3) is 0 Å². The maximum absolute atomic E-state index is 12.5. The van der Waals surface area contributed by atoms with Crippen molar-refractivity contribution in [2.45, 2.75) is 45.3 Å². The predicted molar refractivity (Wildman–Crippen MR) is 73.5 cm³/mol. The number of ether oxygens (including phenoxy) is 1. The Labute approximate surface area is 119 Å². The number of likely N-dealkylation sites (N-methyl/N-ethyl adjacent to an activating group) is 1. The van der Waals surface area contributed by atoms with Crippen molar-refractivity contribution in [3.05, 3.63) is 0 Å². The van der Waals surface area contributed by atoms with Crippen LogP contribution in [-0.2, 0) is 9.53 Å². The van der Waals surface area contributed by atoms with Crippen LogP contribution in [0.15, 0.2) is 0 Å². The summed E-state index contributed by atoms with van der Waals surface area (Å²) in [6.07, 6.45) is 2.72. The SMILES string of the molecule is CCN(CC1CCCO1)C(=O)N1CCC(C(=O)O)C1C. The summed E-state index contributed by atoms with van der Waals surface area (Å²) in [6.45, 7) is 6.30. The molecule has 2 heterocycles. The number of carboxylic acid groups (broad SMARTS) is 1. The molecular formula is C14H24N2O4. The summed E-state index contributed by atoms with van der Waals surface area (Å²) in [6, 6.07) is -0.294. The van der Waals surface area contributed by atoms with E-state index in [-0.39, 0.29) is 18.2 Å². The molecule has 0 saturated carbocycles. The van der Waals surface area contributed by atoms with Gasteiger partial charge in [0, 0.05) is 32.3 Å². The molecule has 2 amide bonds. The van der Waals surface area contributed by atoms with Crippen LogP contribution in [0.2, 0.25) is 0 Å². The lowest BCUT2D eigenvalue weighted by molar-refractivity contribution is -0.142. The lowest BCUT2D eigenvalue weighted by Gasteiger charge is -2.31. The van der Waals surface area contributed by atoms with E-state index in [0.717, 1.165) is 19.4 Å². The normalized spacial score (nSPS) is 29.7. The van der Waals surface area contributed by atoms with Crippen molar-refractivity contribution in [3.8, 4) is 0 Å². The van der Waals surface area contributed by atoms with Crippen LogP contribution in [0.4, 0.5) is 4.79 Å². The topological polar surface area (TPSA) is 70.1 Å². The van der Waals surface area contributed by atoms with E-state index in [1.165, 1.54) is 0 Å². The highest BCUT2D eigenvalue weighted by atomic mass is 16.5. The van der Waals surface area contributed by atoms with Crippen LogP contribution in [0.3, 0.4) is 0 Å². The van der Waals surface area contributed by atoms with E-state index in [0.29, 0.717) is 26.1 Å². The van der Waals surface area contributed by atoms with Gasteiger partial charge < -0.3 is 19.6 Å². The maximum Gasteiger partial charge on any atom is 0.320 e. The molecule has 2 rings (SSSR count). The summed E-state index contributed by atoms with van der Waals surface area (Å²) in [7, 11) is 0. The van der Waals surface area contributed by atoms with Crippen LogP contribution in [0, 0.1) is 5.92 Å². The highest BCUT2D eigenvalue weighted by Crippen LogP contribution is 2.26. The fourth-order valence-electron chi connectivity index (χ4n) is 3.10. The highest BCUT2D eigenvalue weighted by Gasteiger charge is 2.39. The molecule has 1 N–H and O–H groups in total. The van der Waals surface area contributed by atoms with Crippen molar-refractivity contribution in [2.75, 3.05) is 26.2 Å². The Hall–Kier alpha value is -1.30. The van der Waals surface area contributed by atoms with Crippen LogP contribution >= 0.6 is 0 Å². The number of nitrogens with zero attached hydrogens (tertiary/aromatic N) is 2. The monoisotopic (exact) mass is 284 g/mol. The predicted octanol–water partition coefficient (Wildman–Crippen LogP) is 1.40. The average Bonchev–Trinajstić information content (AvgIpc) is 3.04. The number of urea groups is 1. The van der Waals surface area contributed by atoms with Crippen molar-refractivity contribution in [2.24, 2.45) is 5.92 Å². The molecule has 2 saturated heterocycles. The fourth-order valence-corrected chi connectivity index (χ4v) is 3.10. The Morgan fingerprint density at radius 2 is 2.15 bits per heavy atom.